The number of piperidine rings is 1. The highest BCUT2D eigenvalue weighted by molar-refractivity contribution is 5.68. The lowest BCUT2D eigenvalue weighted by atomic mass is 9.92. The molecule has 0 spiro atoms. The van der Waals surface area contributed by atoms with Gasteiger partial charge in [0.05, 0.1) is 0 Å². The lowest BCUT2D eigenvalue weighted by Gasteiger charge is -2.33. The molecule has 4 nitrogen and oxygen atoms in total. The first kappa shape index (κ1) is 18.3. The maximum Gasteiger partial charge on any atom is 0.410 e. The molecule has 24 heavy (non-hydrogen) atoms. The molecule has 1 atom stereocenters. The zero-order valence-electron chi connectivity index (χ0n) is 14.8. The Morgan fingerprint density at radius 1 is 1.38 bits per heavy atom. The Kier molecular flexibility index (Phi) is 5.82. The van der Waals surface area contributed by atoms with Crippen LogP contribution in [0.5, 0.6) is 0 Å². The Bertz CT molecular complexity index is 635. The van der Waals surface area contributed by atoms with E-state index in [1.807, 2.05) is 39.8 Å². The van der Waals surface area contributed by atoms with Gasteiger partial charge in [-0.2, -0.15) is 0 Å². The van der Waals surface area contributed by atoms with E-state index in [1.165, 1.54) is 0 Å². The second-order valence-corrected chi connectivity index (χ2v) is 7.14. The molecule has 0 bridgehead atoms. The van der Waals surface area contributed by atoms with Crippen LogP contribution in [-0.2, 0) is 4.74 Å². The average molecular weight is 332 g/mol. The van der Waals surface area contributed by atoms with E-state index in [4.69, 9.17) is 4.74 Å². The summed E-state index contributed by atoms with van der Waals surface area (Å²) in [5.41, 5.74) is 0.940. The molecule has 1 amide bonds. The van der Waals surface area contributed by atoms with E-state index in [9.17, 15) is 9.18 Å². The Balaban J connectivity index is 1.87. The highest BCUT2D eigenvalue weighted by atomic mass is 19.1. The summed E-state index contributed by atoms with van der Waals surface area (Å²) in [6.45, 7) is 8.40. The molecule has 130 valence electrons. The molecule has 1 aliphatic rings. The van der Waals surface area contributed by atoms with E-state index in [2.05, 4.69) is 16.8 Å². The SMILES string of the molecule is Cc1cccc(C#CC(F)C2CCN(C(=O)OC(C)(C)C)CC2)n1. The van der Waals surface area contributed by atoms with Crippen LogP contribution in [-0.4, -0.2) is 40.8 Å². The lowest BCUT2D eigenvalue weighted by Crippen LogP contribution is -2.43. The van der Waals surface area contributed by atoms with Crippen LogP contribution in [0.4, 0.5) is 9.18 Å². The van der Waals surface area contributed by atoms with Crippen molar-refractivity contribution in [1.29, 1.82) is 0 Å². The van der Waals surface area contributed by atoms with Gasteiger partial charge in [0.25, 0.3) is 0 Å². The minimum absolute atomic E-state index is 0.152. The van der Waals surface area contributed by atoms with Gasteiger partial charge in [-0.3, -0.25) is 0 Å². The third-order valence-corrected chi connectivity index (χ3v) is 3.83. The zero-order chi connectivity index (χ0) is 17.7. The van der Waals surface area contributed by atoms with Gasteiger partial charge in [0, 0.05) is 24.7 Å². The molecule has 1 aromatic rings. The number of nitrogens with zero attached hydrogens (tertiary/aromatic N) is 2. The van der Waals surface area contributed by atoms with Crippen molar-refractivity contribution in [2.45, 2.75) is 52.3 Å². The maximum absolute atomic E-state index is 14.3. The minimum Gasteiger partial charge on any atom is -0.444 e. The smallest absolute Gasteiger partial charge is 0.410 e. The molecule has 1 aromatic heterocycles. The number of ether oxygens (including phenoxy) is 1. The van der Waals surface area contributed by atoms with Crippen molar-refractivity contribution in [3.63, 3.8) is 0 Å². The van der Waals surface area contributed by atoms with Crippen molar-refractivity contribution in [2.75, 3.05) is 13.1 Å². The molecule has 2 heterocycles. The molecule has 0 aromatic carbocycles. The molecule has 1 fully saturated rings. The fraction of sp³-hybridized carbons (Fsp3) is 0.579. The van der Waals surface area contributed by atoms with Gasteiger partial charge >= 0.3 is 6.09 Å². The number of amides is 1. The summed E-state index contributed by atoms with van der Waals surface area (Å²) in [6, 6.07) is 5.52. The van der Waals surface area contributed by atoms with Gasteiger partial charge in [-0.25, -0.2) is 14.2 Å². The highest BCUT2D eigenvalue weighted by Gasteiger charge is 2.30. The monoisotopic (exact) mass is 332 g/mol. The molecular weight excluding hydrogens is 307 g/mol. The standard InChI is InChI=1S/C19H25FN2O2/c1-14-6-5-7-16(21-14)8-9-17(20)15-10-12-22(13-11-15)18(23)24-19(2,3)4/h5-7,15,17H,10-13H2,1-4H3. The van der Waals surface area contributed by atoms with Gasteiger partial charge in [-0.05, 0) is 58.6 Å². The number of hydrogen-bond acceptors (Lipinski definition) is 3. The molecule has 2 rings (SSSR count). The molecule has 0 radical (unpaired) electrons. The number of halogens is 1. The average Bonchev–Trinajstić information content (AvgIpc) is 2.51. The molecule has 1 unspecified atom stereocenters. The number of aryl methyl sites for hydroxylation is 1. The third-order valence-electron chi connectivity index (χ3n) is 3.83. The van der Waals surface area contributed by atoms with E-state index in [1.54, 1.807) is 11.0 Å². The number of carbonyl (C=O) groups is 1. The Morgan fingerprint density at radius 2 is 2.04 bits per heavy atom. The van der Waals surface area contributed by atoms with E-state index >= 15 is 0 Å². The van der Waals surface area contributed by atoms with Gasteiger partial charge in [-0.15, -0.1) is 0 Å². The summed E-state index contributed by atoms with van der Waals surface area (Å²) in [5.74, 6) is 5.32. The largest absolute Gasteiger partial charge is 0.444 e. The molecule has 0 aliphatic carbocycles. The maximum atomic E-state index is 14.3. The number of alkyl halides is 1. The van der Waals surface area contributed by atoms with E-state index in [0.717, 1.165) is 5.69 Å². The first-order valence-electron chi connectivity index (χ1n) is 8.32. The predicted molar refractivity (Wildman–Crippen MR) is 91.3 cm³/mol. The van der Waals surface area contributed by atoms with Crippen molar-refractivity contribution in [3.05, 3.63) is 29.6 Å². The van der Waals surface area contributed by atoms with Crippen molar-refractivity contribution in [3.8, 4) is 11.8 Å². The quantitative estimate of drug-likeness (QED) is 0.736. The molecular formula is C19H25FN2O2. The fourth-order valence-corrected chi connectivity index (χ4v) is 2.57. The Labute approximate surface area is 143 Å². The van der Waals surface area contributed by atoms with E-state index in [-0.39, 0.29) is 12.0 Å². The van der Waals surface area contributed by atoms with E-state index in [0.29, 0.717) is 31.6 Å². The highest BCUT2D eigenvalue weighted by Crippen LogP contribution is 2.24. The van der Waals surface area contributed by atoms with Gasteiger partial charge in [0.15, 0.2) is 6.17 Å². The third kappa shape index (κ3) is 5.52. The van der Waals surface area contributed by atoms with Crippen molar-refractivity contribution in [2.24, 2.45) is 5.92 Å². The van der Waals surface area contributed by atoms with Crippen LogP contribution in [0.1, 0.15) is 45.0 Å². The summed E-state index contributed by atoms with van der Waals surface area (Å²) < 4.78 is 19.7. The van der Waals surface area contributed by atoms with Crippen LogP contribution in [0.2, 0.25) is 0 Å². The van der Waals surface area contributed by atoms with Crippen LogP contribution in [0.3, 0.4) is 0 Å². The molecule has 1 aliphatic heterocycles. The van der Waals surface area contributed by atoms with Crippen LogP contribution in [0.15, 0.2) is 18.2 Å². The van der Waals surface area contributed by atoms with Crippen molar-refractivity contribution < 1.29 is 13.9 Å². The molecule has 1 saturated heterocycles. The fourth-order valence-electron chi connectivity index (χ4n) is 2.57. The summed E-state index contributed by atoms with van der Waals surface area (Å²) >= 11 is 0. The summed E-state index contributed by atoms with van der Waals surface area (Å²) in [7, 11) is 0. The topological polar surface area (TPSA) is 42.4 Å². The van der Waals surface area contributed by atoms with Crippen LogP contribution < -0.4 is 0 Å². The molecule has 0 saturated carbocycles. The van der Waals surface area contributed by atoms with E-state index < -0.39 is 11.8 Å². The second kappa shape index (κ2) is 7.65. The number of aromatic nitrogens is 1. The summed E-state index contributed by atoms with van der Waals surface area (Å²) in [5, 5.41) is 0. The summed E-state index contributed by atoms with van der Waals surface area (Å²) in [4.78, 5) is 17.9. The zero-order valence-corrected chi connectivity index (χ0v) is 14.8. The predicted octanol–water partition coefficient (Wildman–Crippen LogP) is 3.73. The molecule has 0 N–H and O–H groups in total. The van der Waals surface area contributed by atoms with Crippen LogP contribution in [0, 0.1) is 24.7 Å². The number of pyridine rings is 1. The van der Waals surface area contributed by atoms with Gasteiger partial charge in [0.2, 0.25) is 0 Å². The van der Waals surface area contributed by atoms with Crippen LogP contribution in [0.25, 0.3) is 0 Å². The number of rotatable bonds is 1. The second-order valence-electron chi connectivity index (χ2n) is 7.14. The van der Waals surface area contributed by atoms with Gasteiger partial charge in [0.1, 0.15) is 11.3 Å². The molecule has 5 heteroatoms. The Hall–Kier alpha value is -2.09. The number of likely N-dealkylation sites (tertiary alicyclic amines) is 1. The number of carbonyl (C=O) groups excluding carboxylic acids is 1. The minimum atomic E-state index is -1.20. The van der Waals surface area contributed by atoms with Crippen molar-refractivity contribution >= 4 is 6.09 Å². The van der Waals surface area contributed by atoms with Gasteiger partial charge in [-0.1, -0.05) is 12.0 Å². The lowest BCUT2D eigenvalue weighted by molar-refractivity contribution is 0.0161. The summed E-state index contributed by atoms with van der Waals surface area (Å²) in [6.07, 6.45) is -0.341. The first-order chi connectivity index (χ1) is 11.2. The Morgan fingerprint density at radius 3 is 2.62 bits per heavy atom. The normalized spacial score (nSPS) is 17.0. The van der Waals surface area contributed by atoms with Gasteiger partial charge < -0.3 is 9.64 Å². The number of hydrogen-bond donors (Lipinski definition) is 0. The first-order valence-corrected chi connectivity index (χ1v) is 8.32. The van der Waals surface area contributed by atoms with Crippen molar-refractivity contribution in [1.82, 2.24) is 9.88 Å². The van der Waals surface area contributed by atoms with Crippen LogP contribution >= 0.6 is 0 Å².